The first-order valence-electron chi connectivity index (χ1n) is 19.0. The summed E-state index contributed by atoms with van der Waals surface area (Å²) in [5.41, 5.74) is 3.43. The number of aryl methyl sites for hydroxylation is 1. The van der Waals surface area contributed by atoms with Crippen LogP contribution >= 0.6 is 11.6 Å². The topological polar surface area (TPSA) is 98.4 Å². The number of benzene rings is 2. The minimum Gasteiger partial charge on any atom is -0.593 e. The van der Waals surface area contributed by atoms with Crippen LogP contribution in [0, 0.1) is 17.8 Å². The average Bonchev–Trinajstić information content (AvgIpc) is 3.30. The molecule has 3 heterocycles. The van der Waals surface area contributed by atoms with Gasteiger partial charge in [-0.2, -0.15) is 4.72 Å². The maximum Gasteiger partial charge on any atom is 0.292 e. The van der Waals surface area contributed by atoms with Crippen LogP contribution < -0.4 is 19.7 Å². The fourth-order valence-corrected chi connectivity index (χ4v) is 9.46. The van der Waals surface area contributed by atoms with E-state index < -0.39 is 17.0 Å². The number of ether oxygens (including phenoxy) is 3. The van der Waals surface area contributed by atoms with Gasteiger partial charge in [0.25, 0.3) is 5.91 Å². The zero-order valence-electron chi connectivity index (χ0n) is 30.8. The van der Waals surface area contributed by atoms with Crippen LogP contribution in [0.5, 0.6) is 5.75 Å². The van der Waals surface area contributed by atoms with Crippen LogP contribution in [0.2, 0.25) is 5.02 Å². The van der Waals surface area contributed by atoms with Crippen molar-refractivity contribution in [1.82, 2.24) is 14.9 Å². The number of nitrogens with zero attached hydrogens (tertiary/aromatic N) is 2. The lowest BCUT2D eigenvalue weighted by atomic mass is 9.64. The van der Waals surface area contributed by atoms with E-state index in [9.17, 15) is 9.35 Å². The number of anilines is 1. The Hall–Kier alpha value is -2.31. The standard InChI is InChI=1S/C40H57ClN4O5S/c1-5-7-30-22-34(41)11-12-35(30)33-25-45-24-32-9-13-36(32)40(48-4,27-42-16-17-44-18-20-49-21-19-44)15-6-8-28(2)29(3)51(47)43-39(46)31-10-14-38(50-26-33)37(45)23-31/h6,10-12,14-15,22-23,28-29,32-33,36,42H,5,7-9,13,16-21,24-27H2,1-4H3,(H,43,46)/b15-6+/t28?,29?,32?,33?,36?,40-,51?/m1/s1. The van der Waals surface area contributed by atoms with Gasteiger partial charge >= 0.3 is 0 Å². The minimum absolute atomic E-state index is 0.0923. The third kappa shape index (κ3) is 9.08. The average molecular weight is 741 g/mol. The second kappa shape index (κ2) is 17.7. The van der Waals surface area contributed by atoms with Crippen LogP contribution in [0.4, 0.5) is 5.69 Å². The molecule has 7 atom stereocenters. The van der Waals surface area contributed by atoms with Crippen LogP contribution in [0.15, 0.2) is 48.6 Å². The smallest absolute Gasteiger partial charge is 0.292 e. The molecule has 1 saturated heterocycles. The zero-order valence-corrected chi connectivity index (χ0v) is 32.4. The van der Waals surface area contributed by atoms with Crippen LogP contribution in [0.3, 0.4) is 0 Å². The molecule has 9 nitrogen and oxygen atoms in total. The number of fused-ring (bicyclic) bond motifs is 2. The first-order chi connectivity index (χ1) is 24.7. The Balaban J connectivity index is 1.33. The van der Waals surface area contributed by atoms with Crippen molar-refractivity contribution in [3.63, 3.8) is 0 Å². The summed E-state index contributed by atoms with van der Waals surface area (Å²) in [7, 11) is 1.85. The molecule has 1 saturated carbocycles. The molecule has 0 spiro atoms. The monoisotopic (exact) mass is 740 g/mol. The first kappa shape index (κ1) is 38.4. The minimum atomic E-state index is -1.55. The lowest BCUT2D eigenvalue weighted by Gasteiger charge is -2.50. The molecule has 6 unspecified atom stereocenters. The quantitative estimate of drug-likeness (QED) is 0.184. The Bertz CT molecular complexity index is 1510. The van der Waals surface area contributed by atoms with Crippen molar-refractivity contribution in [2.24, 2.45) is 17.8 Å². The highest BCUT2D eigenvalue weighted by atomic mass is 35.5. The summed E-state index contributed by atoms with van der Waals surface area (Å²) in [6, 6.07) is 11.9. The molecular weight excluding hydrogens is 684 g/mol. The summed E-state index contributed by atoms with van der Waals surface area (Å²) in [4.78, 5) is 18.4. The number of rotatable bonds is 9. The molecule has 0 aromatic heterocycles. The molecule has 1 amide bonds. The van der Waals surface area contributed by atoms with E-state index in [0.717, 1.165) is 108 Å². The number of hydrogen-bond acceptors (Lipinski definition) is 8. The normalized spacial score (nSPS) is 31.1. The number of nitrogens with one attached hydrogen (secondary N) is 2. The van der Waals surface area contributed by atoms with Gasteiger partial charge in [0.1, 0.15) is 16.6 Å². The summed E-state index contributed by atoms with van der Waals surface area (Å²) < 4.78 is 34.9. The SMILES string of the molecule is CCCc1cc(Cl)ccc1C1COc2ccc3cc2N(C1)CC1CCC1[C@@](CNCCN1CCOCC1)(OC)/C=C/CC(C)C(C)[S+]([O-])NC3=O. The fraction of sp³-hybridized carbons (Fsp3) is 0.625. The molecule has 280 valence electrons. The molecule has 2 bridgehead atoms. The lowest BCUT2D eigenvalue weighted by Crippen LogP contribution is -2.56. The van der Waals surface area contributed by atoms with Gasteiger partial charge in [-0.3, -0.25) is 9.69 Å². The van der Waals surface area contributed by atoms with Gasteiger partial charge in [-0.1, -0.05) is 50.1 Å². The zero-order chi connectivity index (χ0) is 36.0. The number of methoxy groups -OCH3 is 1. The molecule has 1 aliphatic carbocycles. The van der Waals surface area contributed by atoms with Crippen molar-refractivity contribution >= 4 is 34.6 Å². The van der Waals surface area contributed by atoms with Crippen molar-refractivity contribution in [2.75, 3.05) is 77.6 Å². The van der Waals surface area contributed by atoms with Crippen LogP contribution in [-0.4, -0.2) is 99.0 Å². The molecule has 4 aliphatic rings. The number of amides is 1. The van der Waals surface area contributed by atoms with Crippen LogP contribution in [0.25, 0.3) is 0 Å². The third-order valence-corrected chi connectivity index (χ3v) is 13.5. The number of hydrogen-bond donors (Lipinski definition) is 2. The van der Waals surface area contributed by atoms with Crippen LogP contribution in [0.1, 0.15) is 73.9 Å². The van der Waals surface area contributed by atoms with E-state index in [1.54, 1.807) is 6.07 Å². The van der Waals surface area contributed by atoms with Crippen molar-refractivity contribution in [2.45, 2.75) is 69.6 Å². The molecule has 2 aromatic rings. The number of allylic oxidation sites excluding steroid dienone is 1. The Morgan fingerprint density at radius 3 is 2.71 bits per heavy atom. The van der Waals surface area contributed by atoms with E-state index in [0.29, 0.717) is 24.0 Å². The van der Waals surface area contributed by atoms with E-state index in [-0.39, 0.29) is 23.0 Å². The lowest BCUT2D eigenvalue weighted by molar-refractivity contribution is -0.0734. The molecule has 2 fully saturated rings. The second-order valence-corrected chi connectivity index (χ2v) is 17.0. The van der Waals surface area contributed by atoms with Crippen LogP contribution in [-0.2, 0) is 27.3 Å². The summed E-state index contributed by atoms with van der Waals surface area (Å²) in [6.45, 7) is 14.4. The van der Waals surface area contributed by atoms with Crippen molar-refractivity contribution < 1.29 is 23.6 Å². The van der Waals surface area contributed by atoms with Gasteiger partial charge in [-0.15, -0.1) is 0 Å². The van der Waals surface area contributed by atoms with Gasteiger partial charge in [0.05, 0.1) is 36.9 Å². The molecule has 2 N–H and O–H groups in total. The maximum atomic E-state index is 13.5. The Labute approximate surface area is 313 Å². The van der Waals surface area contributed by atoms with Crippen molar-refractivity contribution in [3.8, 4) is 5.75 Å². The fourth-order valence-electron chi connectivity index (χ4n) is 8.25. The summed E-state index contributed by atoms with van der Waals surface area (Å²) >= 11 is 4.94. The highest BCUT2D eigenvalue weighted by Crippen LogP contribution is 2.47. The summed E-state index contributed by atoms with van der Waals surface area (Å²) in [5, 5.41) is 4.30. The summed E-state index contributed by atoms with van der Waals surface area (Å²) in [5.74, 6) is 1.31. The largest absolute Gasteiger partial charge is 0.593 e. The van der Waals surface area contributed by atoms with E-state index in [1.807, 2.05) is 32.2 Å². The highest BCUT2D eigenvalue weighted by Gasteiger charge is 2.47. The molecule has 6 rings (SSSR count). The number of morpholine rings is 1. The van der Waals surface area contributed by atoms with Gasteiger partial charge in [0.15, 0.2) is 0 Å². The molecule has 11 heteroatoms. The van der Waals surface area contributed by atoms with E-state index in [4.69, 9.17) is 25.8 Å². The first-order valence-corrected chi connectivity index (χ1v) is 20.6. The van der Waals surface area contributed by atoms with Gasteiger partial charge in [0.2, 0.25) is 0 Å². The Morgan fingerprint density at radius 1 is 1.14 bits per heavy atom. The van der Waals surface area contributed by atoms with Crippen molar-refractivity contribution in [3.05, 3.63) is 70.3 Å². The maximum absolute atomic E-state index is 13.5. The molecule has 0 radical (unpaired) electrons. The van der Waals surface area contributed by atoms with Gasteiger partial charge in [0, 0.05) is 75.3 Å². The highest BCUT2D eigenvalue weighted by molar-refractivity contribution is 7.90. The van der Waals surface area contributed by atoms with Gasteiger partial charge in [-0.05, 0) is 85.9 Å². The molecule has 2 aromatic carbocycles. The predicted octanol–water partition coefficient (Wildman–Crippen LogP) is 5.99. The van der Waals surface area contributed by atoms with Crippen molar-refractivity contribution in [1.29, 1.82) is 0 Å². The van der Waals surface area contributed by atoms with Gasteiger partial charge < -0.3 is 29.0 Å². The van der Waals surface area contributed by atoms with E-state index in [1.165, 1.54) is 11.1 Å². The molecule has 51 heavy (non-hydrogen) atoms. The Kier molecular flexibility index (Phi) is 13.3. The number of carbonyl (C=O) groups excluding carboxylic acids is 1. The number of halogens is 1. The summed E-state index contributed by atoms with van der Waals surface area (Å²) in [6.07, 6.45) is 9.40. The second-order valence-electron chi connectivity index (χ2n) is 15.0. The Morgan fingerprint density at radius 2 is 1.96 bits per heavy atom. The predicted molar refractivity (Wildman–Crippen MR) is 206 cm³/mol. The van der Waals surface area contributed by atoms with E-state index >= 15 is 0 Å². The van der Waals surface area contributed by atoms with Gasteiger partial charge in [-0.25, -0.2) is 0 Å². The third-order valence-electron chi connectivity index (χ3n) is 11.7. The number of carbonyl (C=O) groups is 1. The molecular formula is C40H57ClN4O5S. The molecule has 3 aliphatic heterocycles. The van der Waals surface area contributed by atoms with E-state index in [2.05, 4.69) is 58.0 Å².